The summed E-state index contributed by atoms with van der Waals surface area (Å²) in [5.74, 6) is -0.239. The Morgan fingerprint density at radius 2 is 1.68 bits per heavy atom. The highest BCUT2D eigenvalue weighted by molar-refractivity contribution is 7.89. The quantitative estimate of drug-likeness (QED) is 0.608. The number of alkyl halides is 3. The Bertz CT molecular complexity index is 1210. The fourth-order valence-corrected chi connectivity index (χ4v) is 6.44. The fraction of sp³-hybridized carbons (Fsp3) is 0.500. The number of nitrogens with zero attached hydrogens (tertiary/aromatic N) is 2. The van der Waals surface area contributed by atoms with E-state index in [1.54, 1.807) is 4.90 Å². The van der Waals surface area contributed by atoms with Crippen LogP contribution in [0.5, 0.6) is 0 Å². The molecule has 0 aromatic heterocycles. The molecule has 37 heavy (non-hydrogen) atoms. The molecule has 0 bridgehead atoms. The Hall–Kier alpha value is -2.47. The van der Waals surface area contributed by atoms with E-state index in [4.69, 9.17) is 4.74 Å². The Kier molecular flexibility index (Phi) is 7.08. The second-order valence-corrected chi connectivity index (χ2v) is 11.9. The average molecular weight is 538 g/mol. The molecule has 7 nitrogen and oxygen atoms in total. The van der Waals surface area contributed by atoms with Crippen molar-refractivity contribution in [1.82, 2.24) is 14.5 Å². The van der Waals surface area contributed by atoms with Crippen LogP contribution in [0.3, 0.4) is 0 Å². The van der Waals surface area contributed by atoms with Gasteiger partial charge in [0.1, 0.15) is 0 Å². The van der Waals surface area contributed by atoms with Crippen molar-refractivity contribution in [2.45, 2.75) is 54.5 Å². The number of hydrogen-bond donors (Lipinski definition) is 1. The summed E-state index contributed by atoms with van der Waals surface area (Å²) in [5.41, 5.74) is 0.415. The Labute approximate surface area is 214 Å². The van der Waals surface area contributed by atoms with Gasteiger partial charge in [0.15, 0.2) is 0 Å². The van der Waals surface area contributed by atoms with Gasteiger partial charge in [-0.25, -0.2) is 13.1 Å². The van der Waals surface area contributed by atoms with E-state index in [0.717, 1.165) is 18.4 Å². The van der Waals surface area contributed by atoms with Crippen LogP contribution in [0.25, 0.3) is 0 Å². The maximum absolute atomic E-state index is 13.3. The third kappa shape index (κ3) is 6.34. The van der Waals surface area contributed by atoms with E-state index in [-0.39, 0.29) is 29.9 Å². The minimum Gasteiger partial charge on any atom is -0.364 e. The van der Waals surface area contributed by atoms with Crippen LogP contribution < -0.4 is 4.72 Å². The molecule has 1 saturated carbocycles. The number of carbonyl (C=O) groups excluding carboxylic acids is 1. The van der Waals surface area contributed by atoms with Crippen LogP contribution in [0.2, 0.25) is 0 Å². The van der Waals surface area contributed by atoms with Gasteiger partial charge >= 0.3 is 6.18 Å². The van der Waals surface area contributed by atoms with Crippen LogP contribution in [-0.4, -0.2) is 74.7 Å². The SMILES string of the molecule is O=C(c1ccc(S(=O)(=O)NC2CC2)cc1)N1CCC2(CC1)CN(CC(F)(F)F)CC(c1ccccc1)O2. The molecule has 1 unspecified atom stereocenters. The van der Waals surface area contributed by atoms with Crippen LogP contribution in [0.1, 0.15) is 47.7 Å². The number of ether oxygens (including phenoxy) is 1. The normalized spacial score (nSPS) is 22.8. The van der Waals surface area contributed by atoms with Crippen molar-refractivity contribution >= 4 is 15.9 Å². The zero-order valence-electron chi connectivity index (χ0n) is 20.3. The monoisotopic (exact) mass is 537 g/mol. The minimum absolute atomic E-state index is 0.0115. The van der Waals surface area contributed by atoms with Crippen molar-refractivity contribution in [2.24, 2.45) is 0 Å². The first-order chi connectivity index (χ1) is 17.5. The summed E-state index contributed by atoms with van der Waals surface area (Å²) in [7, 11) is -3.61. The lowest BCUT2D eigenvalue weighted by Gasteiger charge is -2.50. The van der Waals surface area contributed by atoms with Gasteiger partial charge < -0.3 is 9.64 Å². The highest BCUT2D eigenvalue weighted by Gasteiger charge is 2.46. The molecule has 11 heteroatoms. The molecule has 3 fully saturated rings. The number of sulfonamides is 1. The third-order valence-electron chi connectivity index (χ3n) is 7.17. The van der Waals surface area contributed by atoms with Crippen molar-refractivity contribution in [3.05, 3.63) is 65.7 Å². The molecule has 1 atom stereocenters. The predicted molar refractivity (Wildman–Crippen MR) is 130 cm³/mol. The van der Waals surface area contributed by atoms with Gasteiger partial charge in [-0.05, 0) is 55.5 Å². The zero-order valence-corrected chi connectivity index (χ0v) is 21.1. The van der Waals surface area contributed by atoms with Crippen LogP contribution in [-0.2, 0) is 14.8 Å². The summed E-state index contributed by atoms with van der Waals surface area (Å²) in [6, 6.07) is 15.1. The Morgan fingerprint density at radius 1 is 1.03 bits per heavy atom. The number of nitrogens with one attached hydrogen (secondary N) is 1. The van der Waals surface area contributed by atoms with Gasteiger partial charge in [0, 0.05) is 37.8 Å². The number of likely N-dealkylation sites (tertiary alicyclic amines) is 1. The number of morpholine rings is 1. The number of benzene rings is 2. The lowest BCUT2D eigenvalue weighted by molar-refractivity contribution is -0.205. The van der Waals surface area contributed by atoms with Gasteiger partial charge in [0.2, 0.25) is 10.0 Å². The van der Waals surface area contributed by atoms with E-state index in [0.29, 0.717) is 31.5 Å². The highest BCUT2D eigenvalue weighted by atomic mass is 32.2. The largest absolute Gasteiger partial charge is 0.401 e. The molecule has 200 valence electrons. The summed E-state index contributed by atoms with van der Waals surface area (Å²) in [6.07, 6.45) is -2.32. The van der Waals surface area contributed by atoms with Gasteiger partial charge in [-0.1, -0.05) is 30.3 Å². The molecule has 2 aliphatic heterocycles. The van der Waals surface area contributed by atoms with E-state index in [2.05, 4.69) is 4.72 Å². The maximum Gasteiger partial charge on any atom is 0.401 e. The molecule has 5 rings (SSSR count). The van der Waals surface area contributed by atoms with E-state index >= 15 is 0 Å². The van der Waals surface area contributed by atoms with Crippen LogP contribution in [0.4, 0.5) is 13.2 Å². The average Bonchev–Trinajstić information content (AvgIpc) is 3.67. The Balaban J connectivity index is 1.26. The fourth-order valence-electron chi connectivity index (χ4n) is 5.14. The molecule has 2 aromatic rings. The molecule has 2 heterocycles. The number of rotatable bonds is 6. The second kappa shape index (κ2) is 10.0. The molecule has 1 aliphatic carbocycles. The van der Waals surface area contributed by atoms with Gasteiger partial charge in [0.25, 0.3) is 5.91 Å². The molecule has 1 spiro atoms. The molecule has 2 saturated heterocycles. The van der Waals surface area contributed by atoms with Gasteiger partial charge in [-0.3, -0.25) is 9.69 Å². The smallest absolute Gasteiger partial charge is 0.364 e. The molecule has 3 aliphatic rings. The van der Waals surface area contributed by atoms with Crippen LogP contribution in [0.15, 0.2) is 59.5 Å². The van der Waals surface area contributed by atoms with Crippen molar-refractivity contribution in [3.8, 4) is 0 Å². The topological polar surface area (TPSA) is 79.0 Å². The first-order valence-electron chi connectivity index (χ1n) is 12.5. The lowest BCUT2D eigenvalue weighted by atomic mass is 9.87. The van der Waals surface area contributed by atoms with E-state index in [9.17, 15) is 26.4 Å². The summed E-state index contributed by atoms with van der Waals surface area (Å²) in [6.45, 7) is -0.0286. The van der Waals surface area contributed by atoms with Crippen molar-refractivity contribution < 1.29 is 31.1 Å². The molecular weight excluding hydrogens is 507 g/mol. The maximum atomic E-state index is 13.3. The van der Waals surface area contributed by atoms with Crippen LogP contribution >= 0.6 is 0 Å². The van der Waals surface area contributed by atoms with Crippen molar-refractivity contribution in [2.75, 3.05) is 32.7 Å². The third-order valence-corrected chi connectivity index (χ3v) is 8.71. The lowest BCUT2D eigenvalue weighted by Crippen LogP contribution is -2.59. The molecule has 0 radical (unpaired) electrons. The standard InChI is InChI=1S/C26H30F3N3O4S/c27-26(28,29)18-31-16-23(19-4-2-1-3-5-19)36-25(17-31)12-14-32(15-13-25)24(33)20-6-10-22(11-7-20)37(34,35)30-21-8-9-21/h1-7,10-11,21,23,30H,8-9,12-18H2. The first kappa shape index (κ1) is 26.1. The number of halogens is 3. The van der Waals surface area contributed by atoms with E-state index in [1.807, 2.05) is 30.3 Å². The molecular formula is C26H30F3N3O4S. The number of piperidine rings is 1. The first-order valence-corrected chi connectivity index (χ1v) is 13.9. The van der Waals surface area contributed by atoms with Crippen LogP contribution in [0, 0.1) is 0 Å². The van der Waals surface area contributed by atoms with E-state index < -0.39 is 34.4 Å². The number of hydrogen-bond acceptors (Lipinski definition) is 5. The van der Waals surface area contributed by atoms with Crippen molar-refractivity contribution in [3.63, 3.8) is 0 Å². The summed E-state index contributed by atoms with van der Waals surface area (Å²) in [4.78, 5) is 16.3. The van der Waals surface area contributed by atoms with E-state index in [1.165, 1.54) is 29.2 Å². The number of carbonyl (C=O) groups is 1. The summed E-state index contributed by atoms with van der Waals surface area (Å²) in [5, 5.41) is 0. The minimum atomic E-state index is -4.32. The molecule has 2 aromatic carbocycles. The number of amides is 1. The summed E-state index contributed by atoms with van der Waals surface area (Å²) < 4.78 is 73.6. The highest BCUT2D eigenvalue weighted by Crippen LogP contribution is 2.39. The predicted octanol–water partition coefficient (Wildman–Crippen LogP) is 3.74. The molecule has 1 N–H and O–H groups in total. The van der Waals surface area contributed by atoms with Gasteiger partial charge in [-0.15, -0.1) is 0 Å². The van der Waals surface area contributed by atoms with Crippen molar-refractivity contribution in [1.29, 1.82) is 0 Å². The molecule has 1 amide bonds. The summed E-state index contributed by atoms with van der Waals surface area (Å²) >= 11 is 0. The Morgan fingerprint density at radius 3 is 2.27 bits per heavy atom. The van der Waals surface area contributed by atoms with Gasteiger partial charge in [0.05, 0.1) is 23.1 Å². The zero-order chi connectivity index (χ0) is 26.3. The van der Waals surface area contributed by atoms with Gasteiger partial charge in [-0.2, -0.15) is 13.2 Å². The second-order valence-electron chi connectivity index (χ2n) is 10.2.